The highest BCUT2D eigenvalue weighted by Crippen LogP contribution is 2.30. The third-order valence-electron chi connectivity index (χ3n) is 3.74. The van der Waals surface area contributed by atoms with E-state index in [1.165, 1.54) is 0 Å². The van der Waals surface area contributed by atoms with Gasteiger partial charge in [-0.3, -0.25) is 9.59 Å². The van der Waals surface area contributed by atoms with Crippen molar-refractivity contribution in [1.29, 1.82) is 0 Å². The van der Waals surface area contributed by atoms with Crippen molar-refractivity contribution in [1.82, 2.24) is 10.2 Å². The number of primary amides is 1. The molecule has 0 aliphatic carbocycles. The molecule has 1 unspecified atom stereocenters. The molecule has 90 valence electrons. The summed E-state index contributed by atoms with van der Waals surface area (Å²) in [6.07, 6.45) is 2.64. The lowest BCUT2D eigenvalue weighted by molar-refractivity contribution is -0.133. The quantitative estimate of drug-likeness (QED) is 0.663. The van der Waals surface area contributed by atoms with Gasteiger partial charge in [0.1, 0.15) is 0 Å². The van der Waals surface area contributed by atoms with Crippen molar-refractivity contribution in [2.75, 3.05) is 19.6 Å². The first-order valence-corrected chi connectivity index (χ1v) is 5.85. The number of carbonyl (C=O) groups excluding carboxylic acids is 2. The molecule has 5 heteroatoms. The molecule has 2 amide bonds. The summed E-state index contributed by atoms with van der Waals surface area (Å²) in [6.45, 7) is 3.87. The third-order valence-corrected chi connectivity index (χ3v) is 3.74. The number of rotatable bonds is 2. The average molecular weight is 225 g/mol. The van der Waals surface area contributed by atoms with Crippen LogP contribution in [0.2, 0.25) is 0 Å². The van der Waals surface area contributed by atoms with Gasteiger partial charge in [0.05, 0.1) is 11.5 Å². The summed E-state index contributed by atoms with van der Waals surface area (Å²) >= 11 is 0. The molecule has 2 aliphatic rings. The molecular formula is C11H19N3O2. The van der Waals surface area contributed by atoms with Crippen LogP contribution in [-0.2, 0) is 9.59 Å². The maximum absolute atomic E-state index is 12.1. The van der Waals surface area contributed by atoms with E-state index in [0.717, 1.165) is 19.4 Å². The Morgan fingerprint density at radius 1 is 1.50 bits per heavy atom. The monoisotopic (exact) mass is 225 g/mol. The van der Waals surface area contributed by atoms with Crippen LogP contribution in [0.4, 0.5) is 0 Å². The second-order valence-electron chi connectivity index (χ2n) is 5.08. The van der Waals surface area contributed by atoms with Gasteiger partial charge in [-0.25, -0.2) is 0 Å². The van der Waals surface area contributed by atoms with Gasteiger partial charge in [0.2, 0.25) is 11.8 Å². The van der Waals surface area contributed by atoms with E-state index in [4.69, 9.17) is 5.73 Å². The number of likely N-dealkylation sites (tertiary alicyclic amines) is 1. The van der Waals surface area contributed by atoms with Crippen LogP contribution >= 0.6 is 0 Å². The van der Waals surface area contributed by atoms with E-state index in [-0.39, 0.29) is 17.9 Å². The fraction of sp³-hybridized carbons (Fsp3) is 0.818. The molecular weight excluding hydrogens is 206 g/mol. The van der Waals surface area contributed by atoms with Crippen LogP contribution in [-0.4, -0.2) is 42.4 Å². The van der Waals surface area contributed by atoms with Crippen LogP contribution in [0.25, 0.3) is 0 Å². The molecule has 0 saturated carbocycles. The molecule has 16 heavy (non-hydrogen) atoms. The van der Waals surface area contributed by atoms with Crippen LogP contribution in [0.3, 0.4) is 0 Å². The highest BCUT2D eigenvalue weighted by atomic mass is 16.2. The lowest BCUT2D eigenvalue weighted by Crippen LogP contribution is -2.44. The normalized spacial score (nSPS) is 34.3. The Labute approximate surface area is 95.3 Å². The summed E-state index contributed by atoms with van der Waals surface area (Å²) < 4.78 is 0. The standard InChI is InChI=1S/C11H19N3O2/c1-11(10(12)16)4-6-14(7-11)9(15)8-3-2-5-13-8/h8,13H,2-7H2,1H3,(H2,12,16)/t8-,11?/m1/s1. The third kappa shape index (κ3) is 1.91. The first kappa shape index (κ1) is 11.4. The molecule has 2 aliphatic heterocycles. The maximum Gasteiger partial charge on any atom is 0.239 e. The minimum atomic E-state index is -0.533. The number of nitrogens with zero attached hydrogens (tertiary/aromatic N) is 1. The van der Waals surface area contributed by atoms with Crippen LogP contribution in [0.1, 0.15) is 26.2 Å². The van der Waals surface area contributed by atoms with Crippen molar-refractivity contribution in [3.63, 3.8) is 0 Å². The van der Waals surface area contributed by atoms with Gasteiger partial charge in [-0.1, -0.05) is 0 Å². The Hall–Kier alpha value is -1.10. The lowest BCUT2D eigenvalue weighted by atomic mass is 9.89. The minimum Gasteiger partial charge on any atom is -0.369 e. The molecule has 0 aromatic rings. The van der Waals surface area contributed by atoms with Crippen LogP contribution in [0.15, 0.2) is 0 Å². The predicted molar refractivity (Wildman–Crippen MR) is 59.5 cm³/mol. The summed E-state index contributed by atoms with van der Waals surface area (Å²) in [7, 11) is 0. The van der Waals surface area contributed by atoms with Gasteiger partial charge in [0.15, 0.2) is 0 Å². The zero-order chi connectivity index (χ0) is 11.8. The molecule has 0 radical (unpaired) electrons. The van der Waals surface area contributed by atoms with E-state index >= 15 is 0 Å². The van der Waals surface area contributed by atoms with Crippen molar-refractivity contribution in [2.45, 2.75) is 32.2 Å². The molecule has 0 bridgehead atoms. The van der Waals surface area contributed by atoms with Crippen LogP contribution < -0.4 is 11.1 Å². The Morgan fingerprint density at radius 3 is 2.75 bits per heavy atom. The number of amides is 2. The first-order valence-electron chi connectivity index (χ1n) is 5.85. The Bertz CT molecular complexity index is 312. The molecule has 2 saturated heterocycles. The number of nitrogens with two attached hydrogens (primary N) is 1. The van der Waals surface area contributed by atoms with Crippen molar-refractivity contribution >= 4 is 11.8 Å². The molecule has 2 atom stereocenters. The van der Waals surface area contributed by atoms with E-state index in [0.29, 0.717) is 19.5 Å². The maximum atomic E-state index is 12.1. The van der Waals surface area contributed by atoms with Crippen molar-refractivity contribution in [2.24, 2.45) is 11.1 Å². The highest BCUT2D eigenvalue weighted by Gasteiger charge is 2.42. The predicted octanol–water partition coefficient (Wildman–Crippen LogP) is -0.538. The fourth-order valence-corrected chi connectivity index (χ4v) is 2.47. The molecule has 5 nitrogen and oxygen atoms in total. The second kappa shape index (κ2) is 4.05. The summed E-state index contributed by atoms with van der Waals surface area (Å²) in [6, 6.07) is -0.0461. The van der Waals surface area contributed by atoms with E-state index < -0.39 is 5.41 Å². The SMILES string of the molecule is CC1(C(N)=O)CCN(C(=O)[C@H]2CCCN2)C1. The summed E-state index contributed by atoms with van der Waals surface area (Å²) in [5.74, 6) is -0.176. The van der Waals surface area contributed by atoms with Crippen molar-refractivity contribution in [3.8, 4) is 0 Å². The topological polar surface area (TPSA) is 75.4 Å². The fourth-order valence-electron chi connectivity index (χ4n) is 2.47. The van der Waals surface area contributed by atoms with Gasteiger partial charge < -0.3 is 16.0 Å². The smallest absolute Gasteiger partial charge is 0.239 e. The first-order chi connectivity index (χ1) is 7.53. The van der Waals surface area contributed by atoms with Crippen molar-refractivity contribution < 1.29 is 9.59 Å². The van der Waals surface area contributed by atoms with Gasteiger partial charge in [-0.05, 0) is 32.7 Å². The van der Waals surface area contributed by atoms with Gasteiger partial charge in [0.25, 0.3) is 0 Å². The van der Waals surface area contributed by atoms with Gasteiger partial charge >= 0.3 is 0 Å². The molecule has 2 fully saturated rings. The number of nitrogens with one attached hydrogen (secondary N) is 1. The van der Waals surface area contributed by atoms with Gasteiger partial charge in [0, 0.05) is 13.1 Å². The minimum absolute atomic E-state index is 0.0461. The molecule has 0 spiro atoms. The van der Waals surface area contributed by atoms with E-state index in [1.807, 2.05) is 6.92 Å². The molecule has 2 rings (SSSR count). The van der Waals surface area contributed by atoms with E-state index in [1.54, 1.807) is 4.90 Å². The number of carbonyl (C=O) groups is 2. The van der Waals surface area contributed by atoms with E-state index in [2.05, 4.69) is 5.32 Å². The zero-order valence-corrected chi connectivity index (χ0v) is 9.66. The second-order valence-corrected chi connectivity index (χ2v) is 5.08. The number of hydrogen-bond acceptors (Lipinski definition) is 3. The summed E-state index contributed by atoms with van der Waals surface area (Å²) in [4.78, 5) is 25.1. The van der Waals surface area contributed by atoms with Crippen LogP contribution in [0.5, 0.6) is 0 Å². The summed E-state index contributed by atoms with van der Waals surface area (Å²) in [5.41, 5.74) is 4.82. The van der Waals surface area contributed by atoms with Gasteiger partial charge in [-0.15, -0.1) is 0 Å². The van der Waals surface area contributed by atoms with E-state index in [9.17, 15) is 9.59 Å². The lowest BCUT2D eigenvalue weighted by Gasteiger charge is -2.23. The molecule has 0 aromatic heterocycles. The Morgan fingerprint density at radius 2 is 2.25 bits per heavy atom. The van der Waals surface area contributed by atoms with Crippen molar-refractivity contribution in [3.05, 3.63) is 0 Å². The molecule has 3 N–H and O–H groups in total. The Kier molecular flexibility index (Phi) is 2.88. The zero-order valence-electron chi connectivity index (χ0n) is 9.66. The number of hydrogen-bond donors (Lipinski definition) is 2. The molecule has 2 heterocycles. The van der Waals surface area contributed by atoms with Crippen LogP contribution in [0, 0.1) is 5.41 Å². The Balaban J connectivity index is 1.97. The molecule has 0 aromatic carbocycles. The summed E-state index contributed by atoms with van der Waals surface area (Å²) in [5, 5.41) is 3.18. The largest absolute Gasteiger partial charge is 0.369 e. The van der Waals surface area contributed by atoms with Gasteiger partial charge in [-0.2, -0.15) is 0 Å². The average Bonchev–Trinajstić information content (AvgIpc) is 2.85. The highest BCUT2D eigenvalue weighted by molar-refractivity contribution is 5.86.